The molecular weight excluding hydrogens is 259 g/mol. The molecule has 0 bridgehead atoms. The van der Waals surface area contributed by atoms with Crippen LogP contribution in [0.3, 0.4) is 0 Å². The van der Waals surface area contributed by atoms with E-state index in [1.807, 2.05) is 31.2 Å². The lowest BCUT2D eigenvalue weighted by atomic mass is 10.2. The largest absolute Gasteiger partial charge is 0.378 e. The van der Waals surface area contributed by atoms with Gasteiger partial charge >= 0.3 is 0 Å². The zero-order valence-electron chi connectivity index (χ0n) is 10.5. The van der Waals surface area contributed by atoms with Gasteiger partial charge in [-0.2, -0.15) is 0 Å². The van der Waals surface area contributed by atoms with E-state index in [0.29, 0.717) is 6.54 Å². The highest BCUT2D eigenvalue weighted by atomic mass is 32.1. The summed E-state index contributed by atoms with van der Waals surface area (Å²) in [5.41, 5.74) is 2.71. The number of anilines is 1. The van der Waals surface area contributed by atoms with E-state index in [1.54, 1.807) is 11.3 Å². The first kappa shape index (κ1) is 12.1. The van der Waals surface area contributed by atoms with Crippen LogP contribution in [-0.4, -0.2) is 4.98 Å². The van der Waals surface area contributed by atoms with E-state index < -0.39 is 0 Å². The summed E-state index contributed by atoms with van der Waals surface area (Å²) in [7, 11) is 0. The Hall–Kier alpha value is -1.94. The molecule has 3 rings (SSSR count). The second-order valence-electron chi connectivity index (χ2n) is 4.45. The van der Waals surface area contributed by atoms with Crippen molar-refractivity contribution in [3.05, 3.63) is 58.9 Å². The predicted molar refractivity (Wildman–Crippen MR) is 78.1 cm³/mol. The quantitative estimate of drug-likeness (QED) is 0.766. The van der Waals surface area contributed by atoms with Crippen molar-refractivity contribution >= 4 is 27.2 Å². The minimum absolute atomic E-state index is 0.216. The van der Waals surface area contributed by atoms with Gasteiger partial charge in [0.05, 0.1) is 16.8 Å². The molecule has 0 saturated heterocycles. The van der Waals surface area contributed by atoms with Gasteiger partial charge in [-0.25, -0.2) is 9.37 Å². The Morgan fingerprint density at radius 3 is 2.84 bits per heavy atom. The van der Waals surface area contributed by atoms with Crippen molar-refractivity contribution in [2.45, 2.75) is 13.5 Å². The van der Waals surface area contributed by atoms with Crippen LogP contribution in [0.25, 0.3) is 10.2 Å². The molecule has 0 aliphatic heterocycles. The first-order valence-corrected chi connectivity index (χ1v) is 6.88. The van der Waals surface area contributed by atoms with Crippen LogP contribution in [0, 0.1) is 12.7 Å². The normalized spacial score (nSPS) is 10.8. The molecule has 0 radical (unpaired) electrons. The van der Waals surface area contributed by atoms with Gasteiger partial charge in [0.2, 0.25) is 0 Å². The molecule has 0 fully saturated rings. The highest BCUT2D eigenvalue weighted by Crippen LogP contribution is 2.22. The fourth-order valence-electron chi connectivity index (χ4n) is 2.01. The fourth-order valence-corrected chi connectivity index (χ4v) is 2.92. The third-order valence-corrected chi connectivity index (χ3v) is 3.86. The van der Waals surface area contributed by atoms with Crippen molar-refractivity contribution in [2.75, 3.05) is 5.32 Å². The second kappa shape index (κ2) is 4.97. The molecule has 0 aliphatic rings. The Morgan fingerprint density at radius 2 is 2.05 bits per heavy atom. The van der Waals surface area contributed by atoms with Gasteiger partial charge in [-0.1, -0.05) is 12.1 Å². The van der Waals surface area contributed by atoms with E-state index in [-0.39, 0.29) is 5.82 Å². The number of rotatable bonds is 3. The average molecular weight is 272 g/mol. The van der Waals surface area contributed by atoms with E-state index in [2.05, 4.69) is 16.4 Å². The Kier molecular flexibility index (Phi) is 3.17. The molecule has 2 aromatic carbocycles. The summed E-state index contributed by atoms with van der Waals surface area (Å²) in [6.45, 7) is 2.49. The third kappa shape index (κ3) is 2.74. The van der Waals surface area contributed by atoms with Crippen LogP contribution in [-0.2, 0) is 6.54 Å². The van der Waals surface area contributed by atoms with Crippen LogP contribution in [0.1, 0.15) is 10.6 Å². The van der Waals surface area contributed by atoms with Gasteiger partial charge in [0.1, 0.15) is 10.8 Å². The fraction of sp³-hybridized carbons (Fsp3) is 0.133. The maximum Gasteiger partial charge on any atom is 0.125 e. The summed E-state index contributed by atoms with van der Waals surface area (Å²) in [6, 6.07) is 13.0. The molecule has 0 aliphatic carbocycles. The highest BCUT2D eigenvalue weighted by molar-refractivity contribution is 7.18. The Balaban J connectivity index is 1.78. The summed E-state index contributed by atoms with van der Waals surface area (Å²) in [5, 5.41) is 4.21. The lowest BCUT2D eigenvalue weighted by Crippen LogP contribution is -1.99. The molecule has 0 saturated carbocycles. The molecule has 1 aromatic heterocycles. The molecule has 1 heterocycles. The molecule has 0 amide bonds. The summed E-state index contributed by atoms with van der Waals surface area (Å²) in [5.74, 6) is -0.216. The van der Waals surface area contributed by atoms with Crippen molar-refractivity contribution in [1.82, 2.24) is 4.98 Å². The lowest BCUT2D eigenvalue weighted by molar-refractivity contribution is 0.627. The van der Waals surface area contributed by atoms with Crippen LogP contribution in [0.15, 0.2) is 42.5 Å². The van der Waals surface area contributed by atoms with E-state index in [0.717, 1.165) is 21.8 Å². The van der Waals surface area contributed by atoms with Crippen molar-refractivity contribution in [1.29, 1.82) is 0 Å². The molecule has 0 unspecified atom stereocenters. The van der Waals surface area contributed by atoms with E-state index >= 15 is 0 Å². The summed E-state index contributed by atoms with van der Waals surface area (Å²) in [4.78, 5) is 4.53. The summed E-state index contributed by atoms with van der Waals surface area (Å²) >= 11 is 1.66. The van der Waals surface area contributed by atoms with Crippen molar-refractivity contribution < 1.29 is 4.39 Å². The van der Waals surface area contributed by atoms with Crippen LogP contribution in [0.5, 0.6) is 0 Å². The van der Waals surface area contributed by atoms with Gasteiger partial charge in [-0.15, -0.1) is 11.3 Å². The first-order chi connectivity index (χ1) is 9.20. The van der Waals surface area contributed by atoms with Crippen LogP contribution in [0.2, 0.25) is 0 Å². The maximum absolute atomic E-state index is 13.3. The number of para-hydroxylation sites is 1. The zero-order valence-corrected chi connectivity index (χ0v) is 11.3. The van der Waals surface area contributed by atoms with Crippen molar-refractivity contribution in [3.8, 4) is 0 Å². The second-order valence-corrected chi connectivity index (χ2v) is 5.56. The topological polar surface area (TPSA) is 24.9 Å². The average Bonchev–Trinajstić information content (AvgIpc) is 2.78. The van der Waals surface area contributed by atoms with Crippen LogP contribution < -0.4 is 5.32 Å². The van der Waals surface area contributed by atoms with Crippen LogP contribution in [0.4, 0.5) is 10.1 Å². The van der Waals surface area contributed by atoms with E-state index in [1.165, 1.54) is 16.8 Å². The van der Waals surface area contributed by atoms with Gasteiger partial charge in [-0.05, 0) is 42.8 Å². The predicted octanol–water partition coefficient (Wildman–Crippen LogP) is 4.36. The van der Waals surface area contributed by atoms with Crippen LogP contribution >= 0.6 is 11.3 Å². The highest BCUT2D eigenvalue weighted by Gasteiger charge is 2.03. The number of thiazole rings is 1. The number of hydrogen-bond acceptors (Lipinski definition) is 3. The van der Waals surface area contributed by atoms with Gasteiger partial charge in [0.25, 0.3) is 0 Å². The van der Waals surface area contributed by atoms with Gasteiger partial charge < -0.3 is 5.32 Å². The van der Waals surface area contributed by atoms with Gasteiger partial charge in [0, 0.05) is 5.69 Å². The molecular formula is C15H13FN2S. The molecule has 0 atom stereocenters. The van der Waals surface area contributed by atoms with E-state index in [9.17, 15) is 4.39 Å². The van der Waals surface area contributed by atoms with E-state index in [4.69, 9.17) is 0 Å². The number of hydrogen-bond donors (Lipinski definition) is 1. The summed E-state index contributed by atoms with van der Waals surface area (Å²) in [6.07, 6.45) is 0. The Morgan fingerprint density at radius 1 is 1.21 bits per heavy atom. The van der Waals surface area contributed by atoms with Gasteiger partial charge in [-0.3, -0.25) is 0 Å². The third-order valence-electron chi connectivity index (χ3n) is 2.82. The number of aryl methyl sites for hydroxylation is 1. The standard InChI is InChI=1S/C15H13FN2S/c1-10-6-11(16)8-12(7-10)17-9-15-18-13-4-2-3-5-14(13)19-15/h2-8,17H,9H2,1H3. The molecule has 1 N–H and O–H groups in total. The smallest absolute Gasteiger partial charge is 0.125 e. The zero-order chi connectivity index (χ0) is 13.2. The maximum atomic E-state index is 13.3. The first-order valence-electron chi connectivity index (χ1n) is 6.06. The number of aromatic nitrogens is 1. The number of halogens is 1. The van der Waals surface area contributed by atoms with Crippen molar-refractivity contribution in [3.63, 3.8) is 0 Å². The molecule has 96 valence electrons. The lowest BCUT2D eigenvalue weighted by Gasteiger charge is -2.05. The molecule has 2 nitrogen and oxygen atoms in total. The SMILES string of the molecule is Cc1cc(F)cc(NCc2nc3ccccc3s2)c1. The van der Waals surface area contributed by atoms with Crippen molar-refractivity contribution in [2.24, 2.45) is 0 Å². The number of benzene rings is 2. The monoisotopic (exact) mass is 272 g/mol. The number of fused-ring (bicyclic) bond motifs is 1. The van der Waals surface area contributed by atoms with Gasteiger partial charge in [0.15, 0.2) is 0 Å². The minimum atomic E-state index is -0.216. The Labute approximate surface area is 114 Å². The minimum Gasteiger partial charge on any atom is -0.378 e. The molecule has 4 heteroatoms. The Bertz CT molecular complexity index is 668. The number of nitrogens with zero attached hydrogens (tertiary/aromatic N) is 1. The number of nitrogens with one attached hydrogen (secondary N) is 1. The molecule has 19 heavy (non-hydrogen) atoms. The molecule has 3 aromatic rings. The summed E-state index contributed by atoms with van der Waals surface area (Å²) < 4.78 is 14.4. The molecule has 0 spiro atoms.